The molecule has 0 N–H and O–H groups in total. The third kappa shape index (κ3) is 4.30. The minimum atomic E-state index is -0.113. The maximum absolute atomic E-state index is 12.7. The number of hydrogen-bond acceptors (Lipinski definition) is 4. The Morgan fingerprint density at radius 2 is 2.24 bits per heavy atom. The highest BCUT2D eigenvalue weighted by atomic mass is 79.9. The third-order valence-electron chi connectivity index (χ3n) is 4.12. The van der Waals surface area contributed by atoms with Crippen LogP contribution in [0.3, 0.4) is 0 Å². The van der Waals surface area contributed by atoms with E-state index in [9.17, 15) is 4.79 Å². The first-order valence-corrected chi connectivity index (χ1v) is 9.98. The molecule has 0 aliphatic heterocycles. The van der Waals surface area contributed by atoms with E-state index in [4.69, 9.17) is 4.74 Å². The van der Waals surface area contributed by atoms with Crippen molar-refractivity contribution >= 4 is 38.3 Å². The summed E-state index contributed by atoms with van der Waals surface area (Å²) in [5.41, 5.74) is 2.28. The highest BCUT2D eigenvalue weighted by Gasteiger charge is 2.22. The van der Waals surface area contributed by atoms with E-state index >= 15 is 0 Å². The summed E-state index contributed by atoms with van der Waals surface area (Å²) >= 11 is 5.09. The third-order valence-corrected chi connectivity index (χ3v) is 5.92. The minimum absolute atomic E-state index is 0.0280. The SMILES string of the molecule is C=CCN(C(=O)COc1ccc(C)cc1Br)c1nc2c(s1)CCCC2. The van der Waals surface area contributed by atoms with E-state index in [0.29, 0.717) is 12.3 Å². The quantitative estimate of drug-likeness (QED) is 0.636. The molecular weight excluding hydrogens is 400 g/mol. The van der Waals surface area contributed by atoms with Gasteiger partial charge < -0.3 is 4.74 Å². The van der Waals surface area contributed by atoms with Crippen molar-refractivity contribution in [2.24, 2.45) is 0 Å². The van der Waals surface area contributed by atoms with E-state index in [1.807, 2.05) is 25.1 Å². The van der Waals surface area contributed by atoms with E-state index in [1.54, 1.807) is 22.3 Å². The molecule has 25 heavy (non-hydrogen) atoms. The van der Waals surface area contributed by atoms with E-state index < -0.39 is 0 Å². The number of ether oxygens (including phenoxy) is 1. The number of amides is 1. The molecule has 3 rings (SSSR count). The summed E-state index contributed by atoms with van der Waals surface area (Å²) in [6.07, 6.45) is 6.18. The van der Waals surface area contributed by atoms with Gasteiger partial charge in [0.15, 0.2) is 11.7 Å². The topological polar surface area (TPSA) is 42.4 Å². The van der Waals surface area contributed by atoms with Crippen LogP contribution in [0.4, 0.5) is 5.13 Å². The summed E-state index contributed by atoms with van der Waals surface area (Å²) in [5.74, 6) is 0.550. The van der Waals surface area contributed by atoms with Gasteiger partial charge in [-0.05, 0) is 66.2 Å². The fraction of sp³-hybridized carbons (Fsp3) is 0.368. The monoisotopic (exact) mass is 420 g/mol. The smallest absolute Gasteiger partial charge is 0.266 e. The second kappa shape index (κ2) is 8.15. The fourth-order valence-electron chi connectivity index (χ4n) is 2.81. The number of halogens is 1. The molecule has 1 heterocycles. The number of nitrogens with zero attached hydrogens (tertiary/aromatic N) is 2. The zero-order valence-corrected chi connectivity index (χ0v) is 16.7. The van der Waals surface area contributed by atoms with E-state index in [0.717, 1.165) is 33.7 Å². The Hall–Kier alpha value is -1.66. The van der Waals surface area contributed by atoms with Crippen LogP contribution in [0.1, 0.15) is 29.0 Å². The van der Waals surface area contributed by atoms with Crippen molar-refractivity contribution in [1.29, 1.82) is 0 Å². The molecule has 0 spiro atoms. The molecule has 0 saturated carbocycles. The summed E-state index contributed by atoms with van der Waals surface area (Å²) in [5, 5.41) is 0.753. The number of thiazole rings is 1. The predicted molar refractivity (Wildman–Crippen MR) is 106 cm³/mol. The normalized spacial score (nSPS) is 13.2. The average molecular weight is 421 g/mol. The standard InChI is InChI=1S/C19H21BrN2O2S/c1-3-10-22(19-21-15-6-4-5-7-17(15)25-19)18(23)12-24-16-9-8-13(2)11-14(16)20/h3,8-9,11H,1,4-7,10,12H2,2H3. The van der Waals surface area contributed by atoms with Crippen molar-refractivity contribution in [3.8, 4) is 5.75 Å². The highest BCUT2D eigenvalue weighted by Crippen LogP contribution is 2.32. The van der Waals surface area contributed by atoms with Crippen LogP contribution in [0.15, 0.2) is 35.3 Å². The molecule has 2 aromatic rings. The Kier molecular flexibility index (Phi) is 5.91. The van der Waals surface area contributed by atoms with Gasteiger partial charge in [0.1, 0.15) is 5.75 Å². The maximum Gasteiger partial charge on any atom is 0.266 e. The molecule has 4 nitrogen and oxygen atoms in total. The largest absolute Gasteiger partial charge is 0.483 e. The Morgan fingerprint density at radius 3 is 2.96 bits per heavy atom. The molecule has 132 valence electrons. The first-order chi connectivity index (χ1) is 12.1. The molecule has 6 heteroatoms. The lowest BCUT2D eigenvalue weighted by Crippen LogP contribution is -2.35. The number of carbonyl (C=O) groups excluding carboxylic acids is 1. The van der Waals surface area contributed by atoms with E-state index in [1.165, 1.54) is 17.7 Å². The van der Waals surface area contributed by atoms with Gasteiger partial charge in [-0.15, -0.1) is 17.9 Å². The molecule has 1 aliphatic carbocycles. The van der Waals surface area contributed by atoms with E-state index in [2.05, 4.69) is 27.5 Å². The van der Waals surface area contributed by atoms with Gasteiger partial charge in [0.2, 0.25) is 0 Å². The lowest BCUT2D eigenvalue weighted by molar-refractivity contribution is -0.120. The van der Waals surface area contributed by atoms with Gasteiger partial charge in [0.25, 0.3) is 5.91 Å². The van der Waals surface area contributed by atoms with Crippen LogP contribution in [-0.4, -0.2) is 24.0 Å². The second-order valence-corrected chi connectivity index (χ2v) is 8.01. The van der Waals surface area contributed by atoms with Crippen LogP contribution < -0.4 is 9.64 Å². The maximum atomic E-state index is 12.7. The first kappa shape index (κ1) is 18.1. The molecule has 0 fully saturated rings. The number of benzene rings is 1. The summed E-state index contributed by atoms with van der Waals surface area (Å²) in [6, 6.07) is 5.80. The Morgan fingerprint density at radius 1 is 1.44 bits per heavy atom. The van der Waals surface area contributed by atoms with Crippen molar-refractivity contribution < 1.29 is 9.53 Å². The van der Waals surface area contributed by atoms with Gasteiger partial charge in [0, 0.05) is 11.4 Å². The van der Waals surface area contributed by atoms with Crippen LogP contribution in [0, 0.1) is 6.92 Å². The van der Waals surface area contributed by atoms with Gasteiger partial charge in [0.05, 0.1) is 10.2 Å². The summed E-state index contributed by atoms with van der Waals surface area (Å²) in [4.78, 5) is 20.4. The number of anilines is 1. The molecule has 0 atom stereocenters. The van der Waals surface area contributed by atoms with Crippen molar-refractivity contribution in [3.63, 3.8) is 0 Å². The van der Waals surface area contributed by atoms with Gasteiger partial charge in [-0.3, -0.25) is 9.69 Å². The molecule has 0 radical (unpaired) electrons. The Balaban J connectivity index is 1.72. The predicted octanol–water partition coefficient (Wildman–Crippen LogP) is 4.69. The van der Waals surface area contributed by atoms with Crippen molar-refractivity contribution in [3.05, 3.63) is 51.5 Å². The van der Waals surface area contributed by atoms with Gasteiger partial charge in [-0.2, -0.15) is 0 Å². The molecule has 1 aromatic heterocycles. The number of aromatic nitrogens is 1. The van der Waals surface area contributed by atoms with Crippen molar-refractivity contribution in [2.75, 3.05) is 18.1 Å². The molecule has 1 amide bonds. The zero-order valence-electron chi connectivity index (χ0n) is 14.3. The van der Waals surface area contributed by atoms with Crippen molar-refractivity contribution in [1.82, 2.24) is 4.98 Å². The van der Waals surface area contributed by atoms with Crippen LogP contribution in [0.25, 0.3) is 0 Å². The van der Waals surface area contributed by atoms with Crippen LogP contribution in [-0.2, 0) is 17.6 Å². The molecular formula is C19H21BrN2O2S. The lowest BCUT2D eigenvalue weighted by atomic mass is 10.0. The number of hydrogen-bond donors (Lipinski definition) is 0. The number of fused-ring (bicyclic) bond motifs is 1. The van der Waals surface area contributed by atoms with Crippen molar-refractivity contribution in [2.45, 2.75) is 32.6 Å². The molecule has 0 unspecified atom stereocenters. The van der Waals surface area contributed by atoms with Crippen LogP contribution in [0.2, 0.25) is 0 Å². The van der Waals surface area contributed by atoms with Crippen LogP contribution >= 0.6 is 27.3 Å². The molecule has 1 aliphatic rings. The minimum Gasteiger partial charge on any atom is -0.483 e. The number of rotatable bonds is 6. The van der Waals surface area contributed by atoms with Gasteiger partial charge in [-0.1, -0.05) is 12.1 Å². The second-order valence-electron chi connectivity index (χ2n) is 6.09. The Labute approximate surface area is 160 Å². The summed E-state index contributed by atoms with van der Waals surface area (Å²) < 4.78 is 6.56. The average Bonchev–Trinajstić information content (AvgIpc) is 3.02. The molecule has 1 aromatic carbocycles. The summed E-state index contributed by atoms with van der Waals surface area (Å²) in [6.45, 7) is 6.18. The molecule has 0 bridgehead atoms. The van der Waals surface area contributed by atoms with Gasteiger partial charge >= 0.3 is 0 Å². The highest BCUT2D eigenvalue weighted by molar-refractivity contribution is 9.10. The zero-order chi connectivity index (χ0) is 17.8. The first-order valence-electron chi connectivity index (χ1n) is 8.37. The summed E-state index contributed by atoms with van der Waals surface area (Å²) in [7, 11) is 0. The molecule has 0 saturated heterocycles. The number of aryl methyl sites for hydroxylation is 3. The van der Waals surface area contributed by atoms with Crippen LogP contribution in [0.5, 0.6) is 5.75 Å². The lowest BCUT2D eigenvalue weighted by Gasteiger charge is -2.18. The fourth-order valence-corrected chi connectivity index (χ4v) is 4.59. The Bertz CT molecular complexity index is 764. The van der Waals surface area contributed by atoms with E-state index in [-0.39, 0.29) is 12.5 Å². The van der Waals surface area contributed by atoms with Gasteiger partial charge in [-0.25, -0.2) is 4.98 Å². The number of carbonyl (C=O) groups is 1.